The van der Waals surface area contributed by atoms with E-state index in [1.54, 1.807) is 37.4 Å². The Hall–Kier alpha value is -2.82. The van der Waals surface area contributed by atoms with E-state index in [9.17, 15) is 9.59 Å². The van der Waals surface area contributed by atoms with Crippen molar-refractivity contribution in [1.82, 2.24) is 0 Å². The highest BCUT2D eigenvalue weighted by Gasteiger charge is 2.53. The third-order valence-electron chi connectivity index (χ3n) is 7.77. The fraction of sp³-hybridized carbons (Fsp3) is 0.481. The summed E-state index contributed by atoms with van der Waals surface area (Å²) in [7, 11) is 1.57. The lowest BCUT2D eigenvalue weighted by Gasteiger charge is -2.42. The van der Waals surface area contributed by atoms with Gasteiger partial charge in [0.15, 0.2) is 0 Å². The summed E-state index contributed by atoms with van der Waals surface area (Å²) in [5.74, 6) is 2.44. The predicted octanol–water partition coefficient (Wildman–Crippen LogP) is 5.21. The fourth-order valence-corrected chi connectivity index (χ4v) is 6.29. The van der Waals surface area contributed by atoms with Gasteiger partial charge in [-0.25, -0.2) is 9.59 Å². The van der Waals surface area contributed by atoms with Crippen LogP contribution in [0.3, 0.4) is 0 Å². The summed E-state index contributed by atoms with van der Waals surface area (Å²) in [6.07, 6.45) is 4.52. The highest BCUT2D eigenvalue weighted by atomic mass is 16.6. The summed E-state index contributed by atoms with van der Waals surface area (Å²) in [4.78, 5) is 25.9. The lowest BCUT2D eigenvalue weighted by atomic mass is 9.69. The third-order valence-corrected chi connectivity index (χ3v) is 7.77. The number of hydrogen-bond donors (Lipinski definition) is 0. The normalized spacial score (nSPS) is 30.4. The number of esters is 2. The van der Waals surface area contributed by atoms with Gasteiger partial charge >= 0.3 is 11.9 Å². The molecule has 6 atom stereocenters. The first-order valence-electron chi connectivity index (χ1n) is 11.6. The van der Waals surface area contributed by atoms with Crippen LogP contribution in [-0.2, 0) is 9.47 Å². The summed E-state index contributed by atoms with van der Waals surface area (Å²) in [6.45, 7) is 1.95. The standard InChI is InChI=1S/C27H30O5/c1-16-5-3-6-19(11-16)26(28)31-24-14-22-17-9-10-18(12-17)23(22)15-25(24)32-27(29)20-7-4-8-21(13-20)30-2/h3-8,11,13,17-18,22-25H,9-10,12,14-15H2,1-2H3. The molecule has 5 nitrogen and oxygen atoms in total. The van der Waals surface area contributed by atoms with Gasteiger partial charge in [0, 0.05) is 0 Å². The van der Waals surface area contributed by atoms with Crippen molar-refractivity contribution >= 4 is 11.9 Å². The maximum atomic E-state index is 13.0. The van der Waals surface area contributed by atoms with Gasteiger partial charge in [0.2, 0.25) is 0 Å². The quantitative estimate of drug-likeness (QED) is 0.605. The van der Waals surface area contributed by atoms with Crippen LogP contribution in [0, 0.1) is 30.6 Å². The van der Waals surface area contributed by atoms with Crippen LogP contribution in [0.15, 0.2) is 48.5 Å². The Morgan fingerprint density at radius 1 is 0.781 bits per heavy atom. The maximum absolute atomic E-state index is 13.0. The van der Waals surface area contributed by atoms with Crippen molar-refractivity contribution in [2.24, 2.45) is 23.7 Å². The van der Waals surface area contributed by atoms with E-state index in [0.29, 0.717) is 28.7 Å². The van der Waals surface area contributed by atoms with Gasteiger partial charge in [-0.1, -0.05) is 23.8 Å². The molecule has 168 valence electrons. The SMILES string of the molecule is COc1cccc(C(=O)OC2CC3C4CCC(C4)C3CC2OC(=O)c2cccc(C)c2)c1. The summed E-state index contributed by atoms with van der Waals surface area (Å²) in [6, 6.07) is 14.4. The highest BCUT2D eigenvalue weighted by molar-refractivity contribution is 5.90. The van der Waals surface area contributed by atoms with Gasteiger partial charge in [-0.2, -0.15) is 0 Å². The first-order chi connectivity index (χ1) is 15.5. The van der Waals surface area contributed by atoms with E-state index in [4.69, 9.17) is 14.2 Å². The van der Waals surface area contributed by atoms with E-state index >= 15 is 0 Å². The molecular weight excluding hydrogens is 404 g/mol. The second-order valence-electron chi connectivity index (χ2n) is 9.62. The molecule has 0 radical (unpaired) electrons. The molecule has 0 heterocycles. The second-order valence-corrected chi connectivity index (χ2v) is 9.62. The van der Waals surface area contributed by atoms with Gasteiger partial charge in [0.1, 0.15) is 18.0 Å². The van der Waals surface area contributed by atoms with Crippen LogP contribution in [0.5, 0.6) is 5.75 Å². The second kappa shape index (κ2) is 8.61. The van der Waals surface area contributed by atoms with E-state index in [0.717, 1.165) is 30.2 Å². The lowest BCUT2D eigenvalue weighted by molar-refractivity contribution is -0.0822. The number of methoxy groups -OCH3 is 1. The molecule has 0 aliphatic heterocycles. The first kappa shape index (κ1) is 21.0. The van der Waals surface area contributed by atoms with Gasteiger partial charge in [-0.3, -0.25) is 0 Å². The number of carbonyl (C=O) groups excluding carboxylic acids is 2. The summed E-state index contributed by atoms with van der Waals surface area (Å²) in [5.41, 5.74) is 2.00. The Labute approximate surface area is 189 Å². The zero-order chi connectivity index (χ0) is 22.2. The largest absolute Gasteiger partial charge is 0.497 e. The van der Waals surface area contributed by atoms with E-state index in [1.165, 1.54) is 19.3 Å². The number of carbonyl (C=O) groups is 2. The molecule has 5 heteroatoms. The molecular formula is C27H30O5. The average molecular weight is 435 g/mol. The topological polar surface area (TPSA) is 61.8 Å². The molecule has 6 unspecified atom stereocenters. The maximum Gasteiger partial charge on any atom is 0.338 e. The van der Waals surface area contributed by atoms with Crippen LogP contribution in [-0.4, -0.2) is 31.3 Å². The monoisotopic (exact) mass is 434 g/mol. The molecule has 0 amide bonds. The van der Waals surface area contributed by atoms with Crippen LogP contribution in [0.4, 0.5) is 0 Å². The molecule has 0 aromatic heterocycles. The zero-order valence-electron chi connectivity index (χ0n) is 18.7. The van der Waals surface area contributed by atoms with Crippen molar-refractivity contribution in [2.45, 2.75) is 51.2 Å². The van der Waals surface area contributed by atoms with Crippen molar-refractivity contribution in [1.29, 1.82) is 0 Å². The minimum atomic E-state index is -0.428. The summed E-state index contributed by atoms with van der Waals surface area (Å²) >= 11 is 0. The molecule has 2 aromatic carbocycles. The number of ether oxygens (including phenoxy) is 3. The van der Waals surface area contributed by atoms with E-state index < -0.39 is 18.2 Å². The van der Waals surface area contributed by atoms with Gasteiger partial charge in [-0.15, -0.1) is 0 Å². The molecule has 32 heavy (non-hydrogen) atoms. The van der Waals surface area contributed by atoms with E-state index in [-0.39, 0.29) is 5.97 Å². The predicted molar refractivity (Wildman–Crippen MR) is 120 cm³/mol. The Morgan fingerprint density at radius 3 is 1.91 bits per heavy atom. The van der Waals surface area contributed by atoms with Crippen LogP contribution in [0.2, 0.25) is 0 Å². The van der Waals surface area contributed by atoms with Crippen molar-refractivity contribution in [3.05, 3.63) is 65.2 Å². The van der Waals surface area contributed by atoms with Crippen molar-refractivity contribution < 1.29 is 23.8 Å². The number of hydrogen-bond acceptors (Lipinski definition) is 5. The number of aryl methyl sites for hydroxylation is 1. The van der Waals surface area contributed by atoms with Gasteiger partial charge in [-0.05, 0) is 93.0 Å². The molecule has 5 rings (SSSR count). The molecule has 0 saturated heterocycles. The molecule has 3 aliphatic rings. The van der Waals surface area contributed by atoms with Crippen LogP contribution in [0.1, 0.15) is 58.4 Å². The van der Waals surface area contributed by atoms with Gasteiger partial charge < -0.3 is 14.2 Å². The third kappa shape index (κ3) is 4.01. The number of benzene rings is 2. The Balaban J connectivity index is 1.36. The number of fused-ring (bicyclic) bond motifs is 5. The Morgan fingerprint density at radius 2 is 1.34 bits per heavy atom. The van der Waals surface area contributed by atoms with Crippen molar-refractivity contribution in [3.8, 4) is 5.75 Å². The molecule has 3 aliphatic carbocycles. The molecule has 2 bridgehead atoms. The van der Waals surface area contributed by atoms with Gasteiger partial charge in [0.05, 0.1) is 18.2 Å². The zero-order valence-corrected chi connectivity index (χ0v) is 18.7. The molecule has 2 aromatic rings. The Bertz CT molecular complexity index is 1010. The molecule has 0 spiro atoms. The van der Waals surface area contributed by atoms with E-state index in [1.807, 2.05) is 25.1 Å². The summed E-state index contributed by atoms with van der Waals surface area (Å²) < 4.78 is 17.2. The smallest absolute Gasteiger partial charge is 0.338 e. The number of rotatable bonds is 5. The lowest BCUT2D eigenvalue weighted by Crippen LogP contribution is -2.45. The van der Waals surface area contributed by atoms with E-state index in [2.05, 4.69) is 0 Å². The van der Waals surface area contributed by atoms with Crippen LogP contribution in [0.25, 0.3) is 0 Å². The van der Waals surface area contributed by atoms with Crippen LogP contribution >= 0.6 is 0 Å². The minimum Gasteiger partial charge on any atom is -0.497 e. The van der Waals surface area contributed by atoms with Crippen LogP contribution < -0.4 is 4.74 Å². The van der Waals surface area contributed by atoms with Crippen molar-refractivity contribution in [3.63, 3.8) is 0 Å². The molecule has 3 fully saturated rings. The Kier molecular flexibility index (Phi) is 5.66. The van der Waals surface area contributed by atoms with Crippen molar-refractivity contribution in [2.75, 3.05) is 7.11 Å². The average Bonchev–Trinajstić information content (AvgIpc) is 3.41. The highest BCUT2D eigenvalue weighted by Crippen LogP contribution is 2.58. The first-order valence-corrected chi connectivity index (χ1v) is 11.6. The summed E-state index contributed by atoms with van der Waals surface area (Å²) in [5, 5.41) is 0. The van der Waals surface area contributed by atoms with Gasteiger partial charge in [0.25, 0.3) is 0 Å². The molecule has 3 saturated carbocycles. The fourth-order valence-electron chi connectivity index (χ4n) is 6.29. The minimum absolute atomic E-state index is 0.345. The molecule has 0 N–H and O–H groups in total.